The SMILES string of the molecule is O=C(O)CC(Cn1cnc(C=CC(O)c2ccc3c(n2)NCCC3)c1)c1ccccc1. The molecule has 160 valence electrons. The first-order valence-corrected chi connectivity index (χ1v) is 10.5. The first-order chi connectivity index (χ1) is 15.1. The predicted octanol–water partition coefficient (Wildman–Crippen LogP) is 3.64. The van der Waals surface area contributed by atoms with Crippen molar-refractivity contribution in [3.63, 3.8) is 0 Å². The van der Waals surface area contributed by atoms with Crippen molar-refractivity contribution in [2.75, 3.05) is 11.9 Å². The second-order valence-electron chi connectivity index (χ2n) is 7.78. The number of aliphatic hydroxyl groups is 1. The zero-order chi connectivity index (χ0) is 21.6. The molecule has 0 saturated carbocycles. The maximum Gasteiger partial charge on any atom is 0.304 e. The number of nitrogens with one attached hydrogen (secondary N) is 1. The van der Waals surface area contributed by atoms with Crippen molar-refractivity contribution in [2.45, 2.75) is 37.8 Å². The van der Waals surface area contributed by atoms with Crippen LogP contribution in [0.25, 0.3) is 6.08 Å². The third kappa shape index (κ3) is 5.38. The van der Waals surface area contributed by atoms with Crippen LogP contribution in [0.2, 0.25) is 0 Å². The van der Waals surface area contributed by atoms with Crippen LogP contribution in [0.1, 0.15) is 47.4 Å². The van der Waals surface area contributed by atoms with Crippen molar-refractivity contribution in [1.82, 2.24) is 14.5 Å². The van der Waals surface area contributed by atoms with Gasteiger partial charge in [0.2, 0.25) is 0 Å². The summed E-state index contributed by atoms with van der Waals surface area (Å²) in [6.07, 6.45) is 8.27. The zero-order valence-electron chi connectivity index (χ0n) is 17.2. The van der Waals surface area contributed by atoms with Crippen LogP contribution < -0.4 is 5.32 Å². The topological polar surface area (TPSA) is 100 Å². The van der Waals surface area contributed by atoms with Gasteiger partial charge in [0, 0.05) is 25.2 Å². The summed E-state index contributed by atoms with van der Waals surface area (Å²) in [5.74, 6) is -0.127. The molecule has 2 aromatic heterocycles. The van der Waals surface area contributed by atoms with E-state index >= 15 is 0 Å². The van der Waals surface area contributed by atoms with Crippen LogP contribution in [0.15, 0.2) is 61.1 Å². The lowest BCUT2D eigenvalue weighted by Crippen LogP contribution is -2.14. The Morgan fingerprint density at radius 3 is 2.87 bits per heavy atom. The Hall–Kier alpha value is -3.45. The number of fused-ring (bicyclic) bond motifs is 1. The molecule has 3 aromatic rings. The average molecular weight is 418 g/mol. The number of nitrogens with zero attached hydrogens (tertiary/aromatic N) is 3. The third-order valence-corrected chi connectivity index (χ3v) is 5.44. The molecule has 31 heavy (non-hydrogen) atoms. The molecule has 7 heteroatoms. The van der Waals surface area contributed by atoms with Crippen LogP contribution >= 0.6 is 0 Å². The number of aliphatic carboxylic acids is 1. The summed E-state index contributed by atoms with van der Waals surface area (Å²) in [5.41, 5.74) is 3.45. The van der Waals surface area contributed by atoms with E-state index in [1.54, 1.807) is 18.5 Å². The van der Waals surface area contributed by atoms with Crippen molar-refractivity contribution in [1.29, 1.82) is 0 Å². The number of aryl methyl sites for hydroxylation is 1. The van der Waals surface area contributed by atoms with E-state index in [-0.39, 0.29) is 12.3 Å². The van der Waals surface area contributed by atoms with E-state index in [1.807, 2.05) is 53.2 Å². The van der Waals surface area contributed by atoms with Crippen LogP contribution in [0.3, 0.4) is 0 Å². The lowest BCUT2D eigenvalue weighted by atomic mass is 9.96. The number of imidazole rings is 1. The Morgan fingerprint density at radius 1 is 1.23 bits per heavy atom. The molecule has 1 aliphatic rings. The number of benzene rings is 1. The van der Waals surface area contributed by atoms with E-state index < -0.39 is 12.1 Å². The monoisotopic (exact) mass is 418 g/mol. The summed E-state index contributed by atoms with van der Waals surface area (Å²) in [7, 11) is 0. The Morgan fingerprint density at radius 2 is 2.06 bits per heavy atom. The summed E-state index contributed by atoms with van der Waals surface area (Å²) in [4.78, 5) is 20.2. The maximum atomic E-state index is 11.3. The molecule has 2 unspecified atom stereocenters. The van der Waals surface area contributed by atoms with Crippen LogP contribution in [0, 0.1) is 0 Å². The summed E-state index contributed by atoms with van der Waals surface area (Å²) in [6, 6.07) is 13.5. The second kappa shape index (κ2) is 9.57. The number of aliphatic hydroxyl groups excluding tert-OH is 1. The van der Waals surface area contributed by atoms with Gasteiger partial charge in [-0.3, -0.25) is 4.79 Å². The number of hydrogen-bond acceptors (Lipinski definition) is 5. The number of hydrogen-bond donors (Lipinski definition) is 3. The van der Waals surface area contributed by atoms with Gasteiger partial charge in [-0.1, -0.05) is 36.4 Å². The molecule has 1 aliphatic heterocycles. The highest BCUT2D eigenvalue weighted by atomic mass is 16.4. The van der Waals surface area contributed by atoms with E-state index in [0.717, 1.165) is 30.8 Å². The van der Waals surface area contributed by atoms with E-state index in [4.69, 9.17) is 0 Å². The molecule has 0 aliphatic carbocycles. The van der Waals surface area contributed by atoms with Crippen LogP contribution in [0.4, 0.5) is 5.82 Å². The van der Waals surface area contributed by atoms with Gasteiger partial charge in [0.05, 0.1) is 24.1 Å². The lowest BCUT2D eigenvalue weighted by Gasteiger charge is -2.18. The fourth-order valence-electron chi connectivity index (χ4n) is 3.84. The fourth-order valence-corrected chi connectivity index (χ4v) is 3.84. The number of aromatic nitrogens is 3. The third-order valence-electron chi connectivity index (χ3n) is 5.44. The van der Waals surface area contributed by atoms with Gasteiger partial charge in [-0.05, 0) is 42.2 Å². The molecule has 3 N–H and O–H groups in total. The van der Waals surface area contributed by atoms with Crippen LogP contribution in [-0.2, 0) is 17.8 Å². The largest absolute Gasteiger partial charge is 0.481 e. The molecule has 3 heterocycles. The van der Waals surface area contributed by atoms with Gasteiger partial charge in [0.25, 0.3) is 0 Å². The Kier molecular flexibility index (Phi) is 6.43. The molecule has 0 amide bonds. The molecule has 0 fully saturated rings. The van der Waals surface area contributed by atoms with E-state index in [9.17, 15) is 15.0 Å². The standard InChI is InChI=1S/C24H26N4O3/c29-22(21-10-8-18-7-4-12-25-24(18)27-21)11-9-20-15-28(16-26-20)14-19(13-23(30)31)17-5-2-1-3-6-17/h1-3,5-6,8-11,15-16,19,22,29H,4,7,12-14H2,(H,25,27)(H,30,31). The van der Waals surface area contributed by atoms with Gasteiger partial charge in [-0.25, -0.2) is 9.97 Å². The molecule has 2 atom stereocenters. The highest BCUT2D eigenvalue weighted by molar-refractivity contribution is 5.68. The highest BCUT2D eigenvalue weighted by Crippen LogP contribution is 2.24. The molecule has 7 nitrogen and oxygen atoms in total. The van der Waals surface area contributed by atoms with E-state index in [0.29, 0.717) is 17.9 Å². The molecule has 0 bridgehead atoms. The number of rotatable bonds is 8. The van der Waals surface area contributed by atoms with Gasteiger partial charge in [-0.2, -0.15) is 0 Å². The number of carboxylic acid groups (broad SMARTS) is 1. The molecule has 4 rings (SSSR count). The average Bonchev–Trinajstić information content (AvgIpc) is 3.24. The summed E-state index contributed by atoms with van der Waals surface area (Å²) >= 11 is 0. The molecule has 1 aromatic carbocycles. The smallest absolute Gasteiger partial charge is 0.304 e. The highest BCUT2D eigenvalue weighted by Gasteiger charge is 2.17. The Bertz CT molecular complexity index is 1060. The molecular weight excluding hydrogens is 392 g/mol. The first-order valence-electron chi connectivity index (χ1n) is 10.5. The van der Waals surface area contributed by atoms with Crippen molar-refractivity contribution in [2.24, 2.45) is 0 Å². The minimum Gasteiger partial charge on any atom is -0.481 e. The van der Waals surface area contributed by atoms with Gasteiger partial charge < -0.3 is 20.1 Å². The minimum atomic E-state index is -0.830. The number of anilines is 1. The van der Waals surface area contributed by atoms with Crippen molar-refractivity contribution in [3.05, 3.63) is 83.6 Å². The van der Waals surface area contributed by atoms with Crippen molar-refractivity contribution < 1.29 is 15.0 Å². The summed E-state index contributed by atoms with van der Waals surface area (Å²) in [5, 5.41) is 23.1. The number of carboxylic acids is 1. The zero-order valence-corrected chi connectivity index (χ0v) is 17.2. The first kappa shape index (κ1) is 20.8. The summed E-state index contributed by atoms with van der Waals surface area (Å²) < 4.78 is 1.88. The minimum absolute atomic E-state index is 0.0457. The normalized spacial score (nSPS) is 15.3. The van der Waals surface area contributed by atoms with Crippen LogP contribution in [-0.4, -0.2) is 37.3 Å². The fraction of sp³-hybridized carbons (Fsp3) is 0.292. The molecule has 0 saturated heterocycles. The maximum absolute atomic E-state index is 11.3. The van der Waals surface area contributed by atoms with E-state index in [1.165, 1.54) is 5.56 Å². The van der Waals surface area contributed by atoms with Gasteiger partial charge >= 0.3 is 5.97 Å². The second-order valence-corrected chi connectivity index (χ2v) is 7.78. The quantitative estimate of drug-likeness (QED) is 0.516. The van der Waals surface area contributed by atoms with Crippen molar-refractivity contribution >= 4 is 17.9 Å². The van der Waals surface area contributed by atoms with E-state index in [2.05, 4.69) is 15.3 Å². The lowest BCUT2D eigenvalue weighted by molar-refractivity contribution is -0.137. The van der Waals surface area contributed by atoms with Gasteiger partial charge in [-0.15, -0.1) is 0 Å². The molecular formula is C24H26N4O3. The van der Waals surface area contributed by atoms with Crippen molar-refractivity contribution in [3.8, 4) is 0 Å². The predicted molar refractivity (Wildman–Crippen MR) is 119 cm³/mol. The Balaban J connectivity index is 1.43. The molecule has 0 radical (unpaired) electrons. The Labute approximate surface area is 181 Å². The number of pyridine rings is 1. The van der Waals surface area contributed by atoms with Gasteiger partial charge in [0.15, 0.2) is 0 Å². The van der Waals surface area contributed by atoms with Crippen LogP contribution in [0.5, 0.6) is 0 Å². The van der Waals surface area contributed by atoms with Gasteiger partial charge in [0.1, 0.15) is 11.9 Å². The number of carbonyl (C=O) groups is 1. The molecule has 0 spiro atoms. The summed E-state index contributed by atoms with van der Waals surface area (Å²) in [6.45, 7) is 1.41.